The minimum Gasteiger partial charge on any atom is -0.328 e. The summed E-state index contributed by atoms with van der Waals surface area (Å²) in [5.74, 6) is -0.748. The smallest absolute Gasteiger partial charge is 0.233 e. The molecule has 1 aromatic carbocycles. The molecule has 1 aliphatic carbocycles. The number of allylic oxidation sites excluding steroid dienone is 1. The van der Waals surface area contributed by atoms with Gasteiger partial charge < -0.3 is 5.73 Å². The fraction of sp³-hybridized carbons (Fsp3) is 0.333. The Morgan fingerprint density at radius 1 is 1.17 bits per heavy atom. The third kappa shape index (κ3) is 2.57. The SMILES string of the molecule is CC(N)CCCC1=Cc2ccccc2C(=O)C1=O. The van der Waals surface area contributed by atoms with E-state index in [2.05, 4.69) is 0 Å². The topological polar surface area (TPSA) is 60.2 Å². The molecule has 1 unspecified atom stereocenters. The van der Waals surface area contributed by atoms with Crippen molar-refractivity contribution in [3.63, 3.8) is 0 Å². The van der Waals surface area contributed by atoms with Crippen molar-refractivity contribution in [2.75, 3.05) is 0 Å². The summed E-state index contributed by atoms with van der Waals surface area (Å²) >= 11 is 0. The van der Waals surface area contributed by atoms with Gasteiger partial charge in [-0.3, -0.25) is 9.59 Å². The highest BCUT2D eigenvalue weighted by Crippen LogP contribution is 2.24. The van der Waals surface area contributed by atoms with Crippen molar-refractivity contribution in [2.45, 2.75) is 32.2 Å². The van der Waals surface area contributed by atoms with Crippen LogP contribution in [0.3, 0.4) is 0 Å². The summed E-state index contributed by atoms with van der Waals surface area (Å²) < 4.78 is 0. The van der Waals surface area contributed by atoms with E-state index >= 15 is 0 Å². The minimum absolute atomic E-state index is 0.132. The fourth-order valence-electron chi connectivity index (χ4n) is 2.15. The first-order valence-corrected chi connectivity index (χ1v) is 6.24. The number of benzene rings is 1. The van der Waals surface area contributed by atoms with Gasteiger partial charge in [0, 0.05) is 17.2 Å². The van der Waals surface area contributed by atoms with Crippen molar-refractivity contribution in [2.24, 2.45) is 5.73 Å². The number of fused-ring (bicyclic) bond motifs is 1. The third-order valence-corrected chi connectivity index (χ3v) is 3.14. The summed E-state index contributed by atoms with van der Waals surface area (Å²) in [7, 11) is 0. The van der Waals surface area contributed by atoms with Gasteiger partial charge in [-0.1, -0.05) is 24.3 Å². The molecule has 0 radical (unpaired) electrons. The quantitative estimate of drug-likeness (QED) is 0.826. The Balaban J connectivity index is 2.19. The van der Waals surface area contributed by atoms with Gasteiger partial charge in [0.1, 0.15) is 0 Å². The zero-order chi connectivity index (χ0) is 13.1. The Bertz CT molecular complexity index is 515. The lowest BCUT2D eigenvalue weighted by molar-refractivity contribution is -0.112. The molecule has 1 aromatic rings. The molecule has 1 aliphatic rings. The molecular formula is C15H17NO2. The standard InChI is InChI=1S/C15H17NO2/c1-10(16)5-4-7-12-9-11-6-2-3-8-13(11)15(18)14(12)17/h2-3,6,8-10H,4-5,7,16H2,1H3. The molecule has 3 heteroatoms. The zero-order valence-electron chi connectivity index (χ0n) is 10.5. The van der Waals surface area contributed by atoms with Crippen molar-refractivity contribution < 1.29 is 9.59 Å². The highest BCUT2D eigenvalue weighted by molar-refractivity contribution is 6.51. The van der Waals surface area contributed by atoms with Crippen LogP contribution in [0.5, 0.6) is 0 Å². The van der Waals surface area contributed by atoms with Crippen molar-refractivity contribution in [1.29, 1.82) is 0 Å². The number of hydrogen-bond donors (Lipinski definition) is 1. The first kappa shape index (κ1) is 12.7. The van der Waals surface area contributed by atoms with Crippen molar-refractivity contribution >= 4 is 17.6 Å². The molecule has 0 heterocycles. The first-order valence-electron chi connectivity index (χ1n) is 6.24. The van der Waals surface area contributed by atoms with Gasteiger partial charge in [0.2, 0.25) is 11.6 Å². The third-order valence-electron chi connectivity index (χ3n) is 3.14. The number of carbonyl (C=O) groups excluding carboxylic acids is 2. The van der Waals surface area contributed by atoms with Gasteiger partial charge in [-0.2, -0.15) is 0 Å². The molecule has 1 atom stereocenters. The van der Waals surface area contributed by atoms with Crippen LogP contribution in [-0.4, -0.2) is 17.6 Å². The van der Waals surface area contributed by atoms with Crippen LogP contribution in [0.1, 0.15) is 42.1 Å². The maximum atomic E-state index is 11.9. The predicted molar refractivity (Wildman–Crippen MR) is 71.3 cm³/mol. The molecule has 0 saturated carbocycles. The highest BCUT2D eigenvalue weighted by atomic mass is 16.2. The van der Waals surface area contributed by atoms with E-state index < -0.39 is 0 Å². The van der Waals surface area contributed by atoms with Gasteiger partial charge >= 0.3 is 0 Å². The molecule has 3 nitrogen and oxygen atoms in total. The number of carbonyl (C=O) groups is 2. The van der Waals surface area contributed by atoms with Gasteiger partial charge in [-0.05, 0) is 37.8 Å². The molecule has 0 bridgehead atoms. The largest absolute Gasteiger partial charge is 0.328 e. The molecule has 0 amide bonds. The molecule has 0 aromatic heterocycles. The molecule has 0 saturated heterocycles. The van der Waals surface area contributed by atoms with Crippen LogP contribution >= 0.6 is 0 Å². The average Bonchev–Trinajstić information content (AvgIpc) is 2.35. The molecule has 94 valence electrons. The van der Waals surface area contributed by atoms with Crippen molar-refractivity contribution in [3.8, 4) is 0 Å². The maximum absolute atomic E-state index is 11.9. The van der Waals surface area contributed by atoms with Crippen LogP contribution in [0.4, 0.5) is 0 Å². The van der Waals surface area contributed by atoms with Gasteiger partial charge in [0.05, 0.1) is 0 Å². The molecule has 0 aliphatic heterocycles. The maximum Gasteiger partial charge on any atom is 0.233 e. The molecule has 0 spiro atoms. The number of hydrogen-bond acceptors (Lipinski definition) is 3. The molecule has 0 fully saturated rings. The minimum atomic E-state index is -0.385. The summed E-state index contributed by atoms with van der Waals surface area (Å²) in [5, 5.41) is 0. The summed E-state index contributed by atoms with van der Waals surface area (Å²) in [4.78, 5) is 23.8. The predicted octanol–water partition coefficient (Wildman–Crippen LogP) is 2.35. The Morgan fingerprint density at radius 2 is 1.89 bits per heavy atom. The lowest BCUT2D eigenvalue weighted by atomic mass is 9.87. The second kappa shape index (κ2) is 5.27. The molecule has 2 rings (SSSR count). The number of rotatable bonds is 4. The lowest BCUT2D eigenvalue weighted by Crippen LogP contribution is -2.22. The van der Waals surface area contributed by atoms with E-state index in [-0.39, 0.29) is 17.6 Å². The first-order chi connectivity index (χ1) is 8.59. The fourth-order valence-corrected chi connectivity index (χ4v) is 2.15. The van der Waals surface area contributed by atoms with Crippen LogP contribution in [-0.2, 0) is 4.79 Å². The highest BCUT2D eigenvalue weighted by Gasteiger charge is 2.26. The summed E-state index contributed by atoms with van der Waals surface area (Å²) in [6, 6.07) is 7.35. The second-order valence-corrected chi connectivity index (χ2v) is 4.78. The van der Waals surface area contributed by atoms with E-state index in [0.717, 1.165) is 18.4 Å². The van der Waals surface area contributed by atoms with Crippen molar-refractivity contribution in [3.05, 3.63) is 41.0 Å². The Labute approximate surface area is 107 Å². The number of ketones is 2. The number of nitrogens with two attached hydrogens (primary N) is 1. The van der Waals surface area contributed by atoms with Gasteiger partial charge in [0.25, 0.3) is 0 Å². The van der Waals surface area contributed by atoms with E-state index in [1.54, 1.807) is 12.1 Å². The van der Waals surface area contributed by atoms with E-state index in [0.29, 0.717) is 17.6 Å². The Morgan fingerprint density at radius 3 is 2.61 bits per heavy atom. The zero-order valence-corrected chi connectivity index (χ0v) is 10.5. The van der Waals surface area contributed by atoms with Crippen LogP contribution in [0, 0.1) is 0 Å². The molecule has 2 N–H and O–H groups in total. The van der Waals surface area contributed by atoms with Crippen LogP contribution in [0.25, 0.3) is 6.08 Å². The van der Waals surface area contributed by atoms with E-state index in [4.69, 9.17) is 5.73 Å². The molecule has 18 heavy (non-hydrogen) atoms. The monoisotopic (exact) mass is 243 g/mol. The summed E-state index contributed by atoms with van der Waals surface area (Å²) in [6.07, 6.45) is 4.16. The van der Waals surface area contributed by atoms with Crippen LogP contribution in [0.2, 0.25) is 0 Å². The van der Waals surface area contributed by atoms with E-state index in [1.807, 2.05) is 25.1 Å². The normalized spacial score (nSPS) is 16.2. The van der Waals surface area contributed by atoms with E-state index in [1.165, 1.54) is 0 Å². The summed E-state index contributed by atoms with van der Waals surface area (Å²) in [5.41, 5.74) is 7.64. The van der Waals surface area contributed by atoms with Gasteiger partial charge in [-0.25, -0.2) is 0 Å². The van der Waals surface area contributed by atoms with Gasteiger partial charge in [0.15, 0.2) is 0 Å². The van der Waals surface area contributed by atoms with Crippen LogP contribution < -0.4 is 5.73 Å². The lowest BCUT2D eigenvalue weighted by Gasteiger charge is -2.14. The van der Waals surface area contributed by atoms with Crippen LogP contribution in [0.15, 0.2) is 29.8 Å². The number of Topliss-reactive ketones (excluding diaryl/α,β-unsaturated/α-hetero) is 2. The average molecular weight is 243 g/mol. The Kier molecular flexibility index (Phi) is 3.72. The van der Waals surface area contributed by atoms with Gasteiger partial charge in [-0.15, -0.1) is 0 Å². The van der Waals surface area contributed by atoms with E-state index in [9.17, 15) is 9.59 Å². The molecular weight excluding hydrogens is 226 g/mol. The second-order valence-electron chi connectivity index (χ2n) is 4.78. The Hall–Kier alpha value is -1.74. The summed E-state index contributed by atoms with van der Waals surface area (Å²) in [6.45, 7) is 1.94. The van der Waals surface area contributed by atoms with Crippen molar-refractivity contribution in [1.82, 2.24) is 0 Å².